The Morgan fingerprint density at radius 2 is 2.17 bits per heavy atom. The predicted molar refractivity (Wildman–Crippen MR) is 50.5 cm³/mol. The van der Waals surface area contributed by atoms with Crippen molar-refractivity contribution >= 4 is 34.2 Å². The second-order valence-electron chi connectivity index (χ2n) is 2.16. The molecule has 0 unspecified atom stereocenters. The lowest BCUT2D eigenvalue weighted by atomic mass is 10.2. The molecule has 3 N–H and O–H groups in total. The molecule has 0 aliphatic rings. The van der Waals surface area contributed by atoms with Crippen molar-refractivity contribution in [2.24, 2.45) is 0 Å². The molecule has 0 saturated heterocycles. The molecule has 1 aromatic rings. The highest BCUT2D eigenvalue weighted by Gasteiger charge is 2.13. The van der Waals surface area contributed by atoms with Gasteiger partial charge in [-0.15, -0.1) is 0 Å². The van der Waals surface area contributed by atoms with Gasteiger partial charge in [-0.2, -0.15) is 0 Å². The maximum absolute atomic E-state index is 12.9. The Morgan fingerprint density at radius 1 is 1.58 bits per heavy atom. The van der Waals surface area contributed by atoms with Gasteiger partial charge in [0, 0.05) is 3.57 Å². The number of anilines is 1. The fraction of sp³-hybridized carbons (Fsp3) is 0. The Balaban J connectivity index is 3.37. The summed E-state index contributed by atoms with van der Waals surface area (Å²) < 4.78 is 13.5. The summed E-state index contributed by atoms with van der Waals surface area (Å²) in [6.45, 7) is 0. The minimum atomic E-state index is -1.31. The zero-order valence-corrected chi connectivity index (χ0v) is 8.00. The number of halogens is 2. The van der Waals surface area contributed by atoms with Crippen LogP contribution >= 0.6 is 22.6 Å². The minimum absolute atomic E-state index is 0.140. The molecule has 0 aliphatic heterocycles. The van der Waals surface area contributed by atoms with Crippen LogP contribution in [0.2, 0.25) is 0 Å². The zero-order valence-electron chi connectivity index (χ0n) is 5.84. The van der Waals surface area contributed by atoms with Crippen LogP contribution in [-0.4, -0.2) is 11.1 Å². The second kappa shape index (κ2) is 3.26. The van der Waals surface area contributed by atoms with Crippen molar-refractivity contribution in [1.82, 2.24) is 0 Å². The maximum Gasteiger partial charge on any atom is 0.338 e. The van der Waals surface area contributed by atoms with Crippen molar-refractivity contribution in [3.8, 4) is 0 Å². The maximum atomic E-state index is 12.9. The van der Waals surface area contributed by atoms with Gasteiger partial charge in [-0.05, 0) is 34.7 Å². The van der Waals surface area contributed by atoms with E-state index in [0.29, 0.717) is 3.57 Å². The molecular weight excluding hydrogens is 276 g/mol. The highest BCUT2D eigenvalue weighted by molar-refractivity contribution is 14.1. The fourth-order valence-corrected chi connectivity index (χ4v) is 1.41. The number of hydrogen-bond acceptors (Lipinski definition) is 2. The molecule has 0 amide bonds. The van der Waals surface area contributed by atoms with Crippen LogP contribution in [0.4, 0.5) is 10.1 Å². The van der Waals surface area contributed by atoms with E-state index in [1.807, 2.05) is 22.6 Å². The van der Waals surface area contributed by atoms with Crippen LogP contribution in [0.5, 0.6) is 0 Å². The van der Waals surface area contributed by atoms with Crippen LogP contribution in [0.3, 0.4) is 0 Å². The first-order chi connectivity index (χ1) is 5.52. The summed E-state index contributed by atoms with van der Waals surface area (Å²) in [6, 6.07) is 2.61. The molecule has 0 atom stereocenters. The second-order valence-corrected chi connectivity index (χ2v) is 3.41. The predicted octanol–water partition coefficient (Wildman–Crippen LogP) is 1.71. The van der Waals surface area contributed by atoms with Crippen molar-refractivity contribution in [3.05, 3.63) is 27.1 Å². The number of nitrogen functional groups attached to an aromatic ring is 1. The van der Waals surface area contributed by atoms with Gasteiger partial charge in [0.2, 0.25) is 0 Å². The van der Waals surface area contributed by atoms with Gasteiger partial charge in [0.25, 0.3) is 0 Å². The largest absolute Gasteiger partial charge is 0.478 e. The highest BCUT2D eigenvalue weighted by atomic mass is 127. The lowest BCUT2D eigenvalue weighted by molar-refractivity contribution is 0.0692. The minimum Gasteiger partial charge on any atom is -0.478 e. The zero-order chi connectivity index (χ0) is 9.30. The van der Waals surface area contributed by atoms with Crippen LogP contribution in [0.25, 0.3) is 0 Å². The van der Waals surface area contributed by atoms with E-state index in [4.69, 9.17) is 10.8 Å². The molecule has 1 rings (SSSR count). The summed E-state index contributed by atoms with van der Waals surface area (Å²) in [6.07, 6.45) is 0. The highest BCUT2D eigenvalue weighted by Crippen LogP contribution is 2.19. The van der Waals surface area contributed by atoms with E-state index in [-0.39, 0.29) is 11.3 Å². The number of carboxylic acids is 1. The summed E-state index contributed by atoms with van der Waals surface area (Å²) in [5.74, 6) is -2.18. The molecule has 0 fully saturated rings. The monoisotopic (exact) mass is 281 g/mol. The molecule has 0 aliphatic carbocycles. The molecule has 0 heterocycles. The number of nitrogens with two attached hydrogens (primary N) is 1. The lowest BCUT2D eigenvalue weighted by Gasteiger charge is -2.01. The van der Waals surface area contributed by atoms with Gasteiger partial charge < -0.3 is 10.8 Å². The topological polar surface area (TPSA) is 63.3 Å². The molecular formula is C7H5FINO2. The summed E-state index contributed by atoms with van der Waals surface area (Å²) in [5.41, 5.74) is 4.69. The SMILES string of the molecule is Nc1cc(I)cc(C(=O)O)c1F. The number of hydrogen-bond donors (Lipinski definition) is 2. The molecule has 0 saturated carbocycles. The number of benzene rings is 1. The van der Waals surface area contributed by atoms with Crippen molar-refractivity contribution in [2.75, 3.05) is 5.73 Å². The van der Waals surface area contributed by atoms with Gasteiger partial charge >= 0.3 is 5.97 Å². The van der Waals surface area contributed by atoms with Gasteiger partial charge in [0.1, 0.15) is 0 Å². The van der Waals surface area contributed by atoms with Crippen LogP contribution < -0.4 is 5.73 Å². The Bertz CT molecular complexity index is 340. The Labute approximate surface area is 81.5 Å². The molecule has 0 aromatic heterocycles. The Kier molecular flexibility index (Phi) is 2.51. The standard InChI is InChI=1S/C7H5FINO2/c8-6-4(7(11)12)1-3(9)2-5(6)10/h1-2H,10H2,(H,11,12). The number of carboxylic acid groups (broad SMARTS) is 1. The average molecular weight is 281 g/mol. The number of aromatic carboxylic acids is 1. The van der Waals surface area contributed by atoms with Crippen molar-refractivity contribution in [3.63, 3.8) is 0 Å². The third-order valence-electron chi connectivity index (χ3n) is 1.30. The fourth-order valence-electron chi connectivity index (χ4n) is 0.766. The van der Waals surface area contributed by atoms with Crippen LogP contribution in [0, 0.1) is 9.39 Å². The Morgan fingerprint density at radius 3 is 2.67 bits per heavy atom. The van der Waals surface area contributed by atoms with Gasteiger partial charge in [0.15, 0.2) is 5.82 Å². The third-order valence-corrected chi connectivity index (χ3v) is 1.92. The summed E-state index contributed by atoms with van der Waals surface area (Å²) in [4.78, 5) is 10.4. The third kappa shape index (κ3) is 1.66. The van der Waals surface area contributed by atoms with E-state index >= 15 is 0 Å². The molecule has 0 radical (unpaired) electrons. The molecule has 64 valence electrons. The molecule has 0 bridgehead atoms. The van der Waals surface area contributed by atoms with Gasteiger partial charge in [-0.3, -0.25) is 0 Å². The molecule has 12 heavy (non-hydrogen) atoms. The molecule has 0 spiro atoms. The van der Waals surface area contributed by atoms with Crippen LogP contribution in [-0.2, 0) is 0 Å². The summed E-state index contributed by atoms with van der Waals surface area (Å²) in [5, 5.41) is 8.52. The normalized spacial score (nSPS) is 9.83. The first-order valence-corrected chi connectivity index (χ1v) is 4.08. The summed E-state index contributed by atoms with van der Waals surface area (Å²) in [7, 11) is 0. The van der Waals surface area contributed by atoms with Crippen molar-refractivity contribution < 1.29 is 14.3 Å². The van der Waals surface area contributed by atoms with E-state index in [9.17, 15) is 9.18 Å². The van der Waals surface area contributed by atoms with Crippen molar-refractivity contribution in [2.45, 2.75) is 0 Å². The smallest absolute Gasteiger partial charge is 0.338 e. The lowest BCUT2D eigenvalue weighted by Crippen LogP contribution is -2.04. The van der Waals surface area contributed by atoms with E-state index in [1.54, 1.807) is 0 Å². The number of rotatable bonds is 1. The van der Waals surface area contributed by atoms with E-state index < -0.39 is 11.8 Å². The first kappa shape index (κ1) is 9.24. The average Bonchev–Trinajstić information content (AvgIpc) is 1.96. The molecule has 3 nitrogen and oxygen atoms in total. The van der Waals surface area contributed by atoms with E-state index in [2.05, 4.69) is 0 Å². The van der Waals surface area contributed by atoms with Crippen molar-refractivity contribution in [1.29, 1.82) is 0 Å². The van der Waals surface area contributed by atoms with Gasteiger partial charge in [-0.25, -0.2) is 9.18 Å². The summed E-state index contributed by atoms with van der Waals surface area (Å²) >= 11 is 1.87. The first-order valence-electron chi connectivity index (χ1n) is 3.00. The molecule has 1 aromatic carbocycles. The van der Waals surface area contributed by atoms with E-state index in [1.165, 1.54) is 12.1 Å². The van der Waals surface area contributed by atoms with Gasteiger partial charge in [0.05, 0.1) is 11.3 Å². The molecule has 5 heteroatoms. The van der Waals surface area contributed by atoms with E-state index in [0.717, 1.165) is 0 Å². The Hall–Kier alpha value is -0.850. The number of carbonyl (C=O) groups is 1. The van der Waals surface area contributed by atoms with Crippen LogP contribution in [0.15, 0.2) is 12.1 Å². The van der Waals surface area contributed by atoms with Crippen LogP contribution in [0.1, 0.15) is 10.4 Å². The quantitative estimate of drug-likeness (QED) is 0.608. The van der Waals surface area contributed by atoms with Gasteiger partial charge in [-0.1, -0.05) is 0 Å².